The van der Waals surface area contributed by atoms with E-state index in [2.05, 4.69) is 18.8 Å². The van der Waals surface area contributed by atoms with Gasteiger partial charge in [0.2, 0.25) is 0 Å². The molecule has 1 amide bonds. The monoisotopic (exact) mass is 539 g/mol. The Labute approximate surface area is 230 Å². The molecule has 1 aliphatic rings. The van der Waals surface area contributed by atoms with E-state index in [0.29, 0.717) is 23.7 Å². The number of carbonyl (C=O) groups is 2. The van der Waals surface area contributed by atoms with Crippen LogP contribution in [0.1, 0.15) is 48.1 Å². The molecule has 4 aromatic rings. The number of likely N-dealkylation sites (tertiary alicyclic amines) is 1. The first-order chi connectivity index (χ1) is 19.2. The van der Waals surface area contributed by atoms with Gasteiger partial charge in [-0.05, 0) is 59.4 Å². The lowest BCUT2D eigenvalue weighted by Crippen LogP contribution is -2.31. The summed E-state index contributed by atoms with van der Waals surface area (Å²) in [6, 6.07) is 17.8. The minimum Gasteiger partial charge on any atom is -0.507 e. The van der Waals surface area contributed by atoms with Crippen molar-refractivity contribution in [2.24, 2.45) is 0 Å². The minimum atomic E-state index is -0.823. The van der Waals surface area contributed by atoms with Crippen molar-refractivity contribution in [3.63, 3.8) is 0 Å². The second-order valence-corrected chi connectivity index (χ2v) is 10.1. The van der Waals surface area contributed by atoms with Crippen LogP contribution >= 0.6 is 0 Å². The molecule has 0 saturated carbocycles. The summed E-state index contributed by atoms with van der Waals surface area (Å²) in [6.45, 7) is 4.38. The van der Waals surface area contributed by atoms with Crippen LogP contribution in [0.5, 0.6) is 5.75 Å². The fourth-order valence-electron chi connectivity index (χ4n) is 5.15. The molecule has 0 bridgehead atoms. The highest BCUT2D eigenvalue weighted by molar-refractivity contribution is 6.46. The lowest BCUT2D eigenvalue weighted by molar-refractivity contribution is -0.384. The molecule has 1 aliphatic heterocycles. The minimum absolute atomic E-state index is 0.0447. The molecular formula is C31H29N3O6. The lowest BCUT2D eigenvalue weighted by Gasteiger charge is -2.25. The Bertz CT molecular complexity index is 1630. The summed E-state index contributed by atoms with van der Waals surface area (Å²) in [4.78, 5) is 42.0. The van der Waals surface area contributed by atoms with Gasteiger partial charge in [-0.25, -0.2) is 0 Å². The number of fused-ring (bicyclic) bond motifs is 1. The smallest absolute Gasteiger partial charge is 0.295 e. The van der Waals surface area contributed by atoms with Crippen LogP contribution in [0.3, 0.4) is 0 Å². The van der Waals surface area contributed by atoms with Gasteiger partial charge in [0.15, 0.2) is 0 Å². The lowest BCUT2D eigenvalue weighted by atomic mass is 9.93. The number of aliphatic hydroxyl groups excluding tert-OH is 1. The Morgan fingerprint density at radius 2 is 1.77 bits per heavy atom. The molecule has 9 heteroatoms. The number of hydrogen-bond acceptors (Lipinski definition) is 6. The van der Waals surface area contributed by atoms with Crippen LogP contribution in [0.4, 0.5) is 5.69 Å². The molecule has 3 aromatic carbocycles. The topological polar surface area (TPSA) is 126 Å². The number of nitro benzene ring substituents is 1. The molecule has 0 aliphatic carbocycles. The number of benzene rings is 3. The van der Waals surface area contributed by atoms with Gasteiger partial charge in [-0.2, -0.15) is 0 Å². The SMILES string of the molecule is COc1ccc2[nH]cc(CCN3C(=O)C(=O)C(=C(O)c4ccc([N+](=O)[O-])cc4)[C@@H]3c3ccc(C(C)C)cc3)c2c1. The van der Waals surface area contributed by atoms with Gasteiger partial charge in [-0.1, -0.05) is 38.1 Å². The van der Waals surface area contributed by atoms with Gasteiger partial charge in [0.05, 0.1) is 23.6 Å². The molecule has 5 rings (SSSR count). The van der Waals surface area contributed by atoms with Crippen molar-refractivity contribution in [2.75, 3.05) is 13.7 Å². The van der Waals surface area contributed by atoms with Crippen molar-refractivity contribution < 1.29 is 24.4 Å². The zero-order valence-electron chi connectivity index (χ0n) is 22.4. The van der Waals surface area contributed by atoms with Crippen LogP contribution in [0.15, 0.2) is 78.5 Å². The van der Waals surface area contributed by atoms with Gasteiger partial charge in [-0.15, -0.1) is 0 Å². The molecule has 0 unspecified atom stereocenters. The Morgan fingerprint density at radius 3 is 2.40 bits per heavy atom. The second kappa shape index (κ2) is 10.7. The molecule has 0 radical (unpaired) electrons. The van der Waals surface area contributed by atoms with Crippen LogP contribution in [-0.4, -0.2) is 45.3 Å². The van der Waals surface area contributed by atoms with E-state index in [1.807, 2.05) is 48.7 Å². The summed E-state index contributed by atoms with van der Waals surface area (Å²) in [6.07, 6.45) is 2.34. The van der Waals surface area contributed by atoms with Crippen molar-refractivity contribution >= 4 is 34.0 Å². The van der Waals surface area contributed by atoms with Crippen molar-refractivity contribution in [1.29, 1.82) is 0 Å². The van der Waals surface area contributed by atoms with Gasteiger partial charge < -0.3 is 19.7 Å². The number of ether oxygens (including phenoxy) is 1. The Morgan fingerprint density at radius 1 is 1.07 bits per heavy atom. The van der Waals surface area contributed by atoms with E-state index >= 15 is 0 Å². The summed E-state index contributed by atoms with van der Waals surface area (Å²) in [5.41, 5.74) is 3.70. The number of ketones is 1. The first kappa shape index (κ1) is 26.7. The predicted octanol–water partition coefficient (Wildman–Crippen LogP) is 5.87. The quantitative estimate of drug-likeness (QED) is 0.0948. The Hall–Kier alpha value is -4.92. The standard InChI is InChI=1S/C31H29N3O6/c1-18(2)19-4-6-20(7-5-19)28-27(29(35)21-8-10-23(11-9-21)34(38)39)30(36)31(37)33(28)15-14-22-17-32-26-13-12-24(40-3)16-25(22)26/h4-13,16-18,28,32,35H,14-15H2,1-3H3/t28-/m0/s1. The van der Waals surface area contributed by atoms with Crippen molar-refractivity contribution in [1.82, 2.24) is 9.88 Å². The number of aromatic amines is 1. The number of nitrogens with one attached hydrogen (secondary N) is 1. The fourth-order valence-corrected chi connectivity index (χ4v) is 5.15. The molecule has 0 spiro atoms. The number of carbonyl (C=O) groups excluding carboxylic acids is 2. The number of nitrogens with zero attached hydrogens (tertiary/aromatic N) is 2. The van der Waals surface area contributed by atoms with Crippen LogP contribution in [0.2, 0.25) is 0 Å². The molecule has 1 saturated heterocycles. The Balaban J connectivity index is 1.55. The van der Waals surface area contributed by atoms with Crippen molar-refractivity contribution in [2.45, 2.75) is 32.2 Å². The number of hydrogen-bond donors (Lipinski definition) is 2. The van der Waals surface area contributed by atoms with Crippen molar-refractivity contribution in [3.05, 3.63) is 111 Å². The normalized spacial score (nSPS) is 16.7. The number of non-ortho nitro benzene ring substituents is 1. The number of amides is 1. The Kier molecular flexibility index (Phi) is 7.13. The van der Waals surface area contributed by atoms with Gasteiger partial charge in [0.1, 0.15) is 11.5 Å². The number of Topliss-reactive ketones (excluding diaryl/α,β-unsaturated/α-hetero) is 1. The van der Waals surface area contributed by atoms with E-state index in [0.717, 1.165) is 22.0 Å². The maximum Gasteiger partial charge on any atom is 0.295 e. The first-order valence-corrected chi connectivity index (χ1v) is 13.0. The van der Waals surface area contributed by atoms with Gasteiger partial charge in [0, 0.05) is 41.3 Å². The number of aliphatic hydroxyl groups is 1. The van der Waals surface area contributed by atoms with E-state index in [-0.39, 0.29) is 29.1 Å². The summed E-state index contributed by atoms with van der Waals surface area (Å²) in [5, 5.41) is 23.3. The van der Waals surface area contributed by atoms with Crippen LogP contribution in [0.25, 0.3) is 16.7 Å². The molecule has 2 N–H and O–H groups in total. The molecule has 1 fully saturated rings. The van der Waals surface area contributed by atoms with E-state index in [9.17, 15) is 24.8 Å². The fraction of sp³-hybridized carbons (Fsp3) is 0.226. The maximum atomic E-state index is 13.4. The van der Waals surface area contributed by atoms with Gasteiger partial charge in [0.25, 0.3) is 17.4 Å². The largest absolute Gasteiger partial charge is 0.507 e. The molecule has 2 heterocycles. The third kappa shape index (κ3) is 4.82. The maximum absolute atomic E-state index is 13.4. The molecule has 1 aromatic heterocycles. The van der Waals surface area contributed by atoms with Crippen LogP contribution in [-0.2, 0) is 16.0 Å². The zero-order valence-corrected chi connectivity index (χ0v) is 22.4. The number of H-pyrrole nitrogens is 1. The van der Waals surface area contributed by atoms with E-state index in [1.165, 1.54) is 29.2 Å². The third-order valence-corrected chi connectivity index (χ3v) is 7.41. The average Bonchev–Trinajstić information content (AvgIpc) is 3.48. The number of nitro groups is 1. The highest BCUT2D eigenvalue weighted by atomic mass is 16.6. The van der Waals surface area contributed by atoms with E-state index in [4.69, 9.17) is 4.74 Å². The number of aromatic nitrogens is 1. The molecule has 40 heavy (non-hydrogen) atoms. The van der Waals surface area contributed by atoms with Crippen LogP contribution < -0.4 is 4.74 Å². The summed E-state index contributed by atoms with van der Waals surface area (Å²) in [7, 11) is 1.60. The summed E-state index contributed by atoms with van der Waals surface area (Å²) in [5.74, 6) is -0.875. The third-order valence-electron chi connectivity index (χ3n) is 7.41. The second-order valence-electron chi connectivity index (χ2n) is 10.1. The first-order valence-electron chi connectivity index (χ1n) is 13.0. The van der Waals surface area contributed by atoms with Crippen molar-refractivity contribution in [3.8, 4) is 5.75 Å². The van der Waals surface area contributed by atoms with Crippen LogP contribution in [0, 0.1) is 10.1 Å². The van der Waals surface area contributed by atoms with E-state index < -0.39 is 22.7 Å². The highest BCUT2D eigenvalue weighted by Gasteiger charge is 2.46. The molecule has 204 valence electrons. The van der Waals surface area contributed by atoms with Gasteiger partial charge >= 0.3 is 0 Å². The van der Waals surface area contributed by atoms with E-state index in [1.54, 1.807) is 7.11 Å². The zero-order chi connectivity index (χ0) is 28.6. The number of rotatable bonds is 8. The summed E-state index contributed by atoms with van der Waals surface area (Å²) < 4.78 is 5.37. The molecule has 9 nitrogen and oxygen atoms in total. The predicted molar refractivity (Wildman–Crippen MR) is 151 cm³/mol. The molecule has 1 atom stereocenters. The average molecular weight is 540 g/mol. The number of methoxy groups -OCH3 is 1. The van der Waals surface area contributed by atoms with Gasteiger partial charge in [-0.3, -0.25) is 19.7 Å². The summed E-state index contributed by atoms with van der Waals surface area (Å²) >= 11 is 0. The highest BCUT2D eigenvalue weighted by Crippen LogP contribution is 2.40. The molecular weight excluding hydrogens is 510 g/mol.